The van der Waals surface area contributed by atoms with Crippen LogP contribution in [-0.2, 0) is 0 Å². The van der Waals surface area contributed by atoms with Crippen LogP contribution in [0.1, 0.15) is 62.5 Å². The molecule has 6 rings (SSSR count). The highest BCUT2D eigenvalue weighted by Crippen LogP contribution is 2.38. The molecule has 0 amide bonds. The van der Waals surface area contributed by atoms with Gasteiger partial charge in [-0.2, -0.15) is 5.26 Å². The number of halogens is 4. The van der Waals surface area contributed by atoms with Gasteiger partial charge in [0.25, 0.3) is 0 Å². The number of benzene rings is 3. The van der Waals surface area contributed by atoms with E-state index in [1.54, 1.807) is 18.2 Å². The van der Waals surface area contributed by atoms with E-state index in [2.05, 4.69) is 57.7 Å². The minimum Gasteiger partial charge on any atom is -0.373 e. The summed E-state index contributed by atoms with van der Waals surface area (Å²) >= 11 is 25.5. The van der Waals surface area contributed by atoms with Gasteiger partial charge in [-0.15, -0.1) is 5.10 Å². The largest absolute Gasteiger partial charge is 0.373 e. The van der Waals surface area contributed by atoms with E-state index in [0.717, 1.165) is 37.2 Å². The summed E-state index contributed by atoms with van der Waals surface area (Å²) in [6.07, 6.45) is 5.53. The van der Waals surface area contributed by atoms with E-state index in [0.29, 0.717) is 53.6 Å². The molecule has 5 aromatic rings. The molecule has 236 valence electrons. The Morgan fingerprint density at radius 1 is 0.913 bits per heavy atom. The third-order valence-electron chi connectivity index (χ3n) is 8.36. The van der Waals surface area contributed by atoms with Gasteiger partial charge in [0.05, 0.1) is 50.1 Å². The van der Waals surface area contributed by atoms with E-state index in [4.69, 9.17) is 46.4 Å². The Balaban J connectivity index is 1.36. The van der Waals surface area contributed by atoms with Gasteiger partial charge in [0.1, 0.15) is 11.8 Å². The van der Waals surface area contributed by atoms with E-state index >= 15 is 0 Å². The van der Waals surface area contributed by atoms with Gasteiger partial charge >= 0.3 is 0 Å². The molecule has 1 atom stereocenters. The maximum absolute atomic E-state index is 9.97. The molecule has 0 spiro atoms. The van der Waals surface area contributed by atoms with Crippen LogP contribution in [0, 0.1) is 11.3 Å². The number of pyridine rings is 1. The number of likely N-dealkylation sites (tertiary alicyclic amines) is 1. The maximum Gasteiger partial charge on any atom is 0.109 e. The Labute approximate surface area is 288 Å². The molecule has 0 saturated carbocycles. The second kappa shape index (κ2) is 13.3. The number of aromatic nitrogens is 4. The maximum atomic E-state index is 9.97. The lowest BCUT2D eigenvalue weighted by molar-refractivity contribution is 0.0866. The Morgan fingerprint density at radius 2 is 1.63 bits per heavy atom. The molecule has 0 unspecified atom stereocenters. The minimum absolute atomic E-state index is 0.143. The molecule has 1 aliphatic heterocycles. The van der Waals surface area contributed by atoms with Crippen LogP contribution in [0.15, 0.2) is 67.0 Å². The quantitative estimate of drug-likeness (QED) is 0.175. The molecule has 1 fully saturated rings. The topological polar surface area (TPSA) is 94.7 Å². The standard InChI is InChI=1S/C34H32Cl4N8/c1-34(2,3)45-12-10-25(11-13-45)46-19-30(43-44-46)32(20-4-6-22(35)7-5-20)42-24-14-26-31(41-23-8-9-27(36)28(37)15-23)21(17-39)18-40-33(26)29(38)16-24/h4-9,14-16,18-19,25,32,42H,10-13H2,1-3H3,(H,40,41)/t32-/m0/s1. The average molecular weight is 694 g/mol. The van der Waals surface area contributed by atoms with Crippen LogP contribution in [0.3, 0.4) is 0 Å². The first kappa shape index (κ1) is 32.4. The fraction of sp³-hybridized carbons (Fsp3) is 0.294. The van der Waals surface area contributed by atoms with Crippen molar-refractivity contribution in [2.24, 2.45) is 0 Å². The van der Waals surface area contributed by atoms with Gasteiger partial charge in [-0.05, 0) is 81.6 Å². The molecule has 2 aromatic heterocycles. The summed E-state index contributed by atoms with van der Waals surface area (Å²) in [5.74, 6) is 0. The molecule has 8 nitrogen and oxygen atoms in total. The summed E-state index contributed by atoms with van der Waals surface area (Å²) < 4.78 is 2.00. The molecule has 12 heteroatoms. The van der Waals surface area contributed by atoms with Gasteiger partial charge in [0, 0.05) is 46.6 Å². The van der Waals surface area contributed by atoms with Crippen molar-refractivity contribution in [3.8, 4) is 6.07 Å². The van der Waals surface area contributed by atoms with Gasteiger partial charge in [-0.1, -0.05) is 63.7 Å². The van der Waals surface area contributed by atoms with E-state index in [9.17, 15) is 5.26 Å². The number of nitrogens with one attached hydrogen (secondary N) is 2. The second-order valence-electron chi connectivity index (χ2n) is 12.4. The Kier molecular flexibility index (Phi) is 9.33. The molecular formula is C34H32Cl4N8. The Bertz CT molecular complexity index is 1920. The van der Waals surface area contributed by atoms with Crippen LogP contribution < -0.4 is 10.6 Å². The average Bonchev–Trinajstić information content (AvgIpc) is 3.52. The van der Waals surface area contributed by atoms with Crippen molar-refractivity contribution < 1.29 is 0 Å². The van der Waals surface area contributed by atoms with Crippen molar-refractivity contribution in [2.75, 3.05) is 23.7 Å². The summed E-state index contributed by atoms with van der Waals surface area (Å²) in [4.78, 5) is 7.01. The third kappa shape index (κ3) is 6.90. The van der Waals surface area contributed by atoms with Gasteiger partial charge in [-0.3, -0.25) is 9.88 Å². The van der Waals surface area contributed by atoms with Crippen LogP contribution in [0.4, 0.5) is 17.1 Å². The highest BCUT2D eigenvalue weighted by atomic mass is 35.5. The molecule has 1 aliphatic rings. The first-order valence-electron chi connectivity index (χ1n) is 14.9. The first-order chi connectivity index (χ1) is 22.0. The smallest absolute Gasteiger partial charge is 0.109 e. The molecule has 3 aromatic carbocycles. The zero-order chi connectivity index (χ0) is 32.6. The van der Waals surface area contributed by atoms with E-state index in [1.165, 1.54) is 6.20 Å². The summed E-state index contributed by atoms with van der Waals surface area (Å²) in [7, 11) is 0. The number of piperidine rings is 1. The van der Waals surface area contributed by atoms with Crippen molar-refractivity contribution in [3.63, 3.8) is 0 Å². The second-order valence-corrected chi connectivity index (χ2v) is 14.1. The molecule has 2 N–H and O–H groups in total. The summed E-state index contributed by atoms with van der Waals surface area (Å²) in [6.45, 7) is 8.79. The lowest BCUT2D eigenvalue weighted by Gasteiger charge is -2.40. The van der Waals surface area contributed by atoms with E-state index < -0.39 is 0 Å². The molecule has 0 aliphatic carbocycles. The highest BCUT2D eigenvalue weighted by Gasteiger charge is 2.29. The minimum atomic E-state index is -0.368. The van der Waals surface area contributed by atoms with Crippen molar-refractivity contribution in [1.29, 1.82) is 5.26 Å². The SMILES string of the molecule is CC(C)(C)N1CCC(n2cc([C@@H](Nc3cc(Cl)c4ncc(C#N)c(Nc5ccc(Cl)c(Cl)c5)c4c3)c3ccc(Cl)cc3)nn2)CC1. The summed E-state index contributed by atoms with van der Waals surface area (Å²) in [5.41, 5.74) is 4.67. The number of nitrogens with zero attached hydrogens (tertiary/aromatic N) is 6. The van der Waals surface area contributed by atoms with Crippen LogP contribution in [0.2, 0.25) is 20.1 Å². The highest BCUT2D eigenvalue weighted by molar-refractivity contribution is 6.42. The molecule has 46 heavy (non-hydrogen) atoms. The van der Waals surface area contributed by atoms with Crippen molar-refractivity contribution >= 4 is 74.4 Å². The van der Waals surface area contributed by atoms with Crippen LogP contribution in [-0.4, -0.2) is 43.5 Å². The zero-order valence-corrected chi connectivity index (χ0v) is 28.6. The fourth-order valence-electron chi connectivity index (χ4n) is 5.83. The first-order valence-corrected chi connectivity index (χ1v) is 16.4. The number of rotatable bonds is 7. The fourth-order valence-corrected chi connectivity index (χ4v) is 6.53. The van der Waals surface area contributed by atoms with Crippen LogP contribution in [0.25, 0.3) is 10.9 Å². The third-order valence-corrected chi connectivity index (χ3v) is 9.64. The van der Waals surface area contributed by atoms with Gasteiger partial charge in [0.15, 0.2) is 0 Å². The summed E-state index contributed by atoms with van der Waals surface area (Å²) in [5, 5.41) is 28.7. The van der Waals surface area contributed by atoms with Crippen molar-refractivity contribution in [3.05, 3.63) is 104 Å². The molecule has 0 radical (unpaired) electrons. The van der Waals surface area contributed by atoms with Crippen LogP contribution >= 0.6 is 46.4 Å². The molecule has 0 bridgehead atoms. The summed E-state index contributed by atoms with van der Waals surface area (Å²) in [6, 6.07) is 18.7. The van der Waals surface area contributed by atoms with Gasteiger partial charge in [-0.25, -0.2) is 4.68 Å². The molecule has 1 saturated heterocycles. The number of fused-ring (bicyclic) bond motifs is 1. The van der Waals surface area contributed by atoms with Crippen molar-refractivity contribution in [2.45, 2.75) is 51.2 Å². The number of hydrogen-bond donors (Lipinski definition) is 2. The van der Waals surface area contributed by atoms with Crippen LogP contribution in [0.5, 0.6) is 0 Å². The lowest BCUT2D eigenvalue weighted by atomic mass is 9.98. The Hall–Kier alpha value is -3.58. The lowest BCUT2D eigenvalue weighted by Crippen LogP contribution is -2.46. The zero-order valence-electron chi connectivity index (χ0n) is 25.5. The monoisotopic (exact) mass is 692 g/mol. The van der Waals surface area contributed by atoms with E-state index in [1.807, 2.05) is 47.3 Å². The number of nitriles is 1. The number of anilines is 3. The van der Waals surface area contributed by atoms with E-state index in [-0.39, 0.29) is 17.6 Å². The molecular weight excluding hydrogens is 662 g/mol. The predicted octanol–water partition coefficient (Wildman–Crippen LogP) is 9.69. The number of hydrogen-bond acceptors (Lipinski definition) is 7. The van der Waals surface area contributed by atoms with Crippen molar-refractivity contribution in [1.82, 2.24) is 24.9 Å². The van der Waals surface area contributed by atoms with Gasteiger partial charge < -0.3 is 10.6 Å². The Morgan fingerprint density at radius 3 is 2.30 bits per heavy atom. The molecule has 3 heterocycles. The normalized spacial score (nSPS) is 15.1. The predicted molar refractivity (Wildman–Crippen MR) is 188 cm³/mol. The van der Waals surface area contributed by atoms with Gasteiger partial charge in [0.2, 0.25) is 0 Å².